The van der Waals surface area contributed by atoms with Gasteiger partial charge in [0.2, 0.25) is 0 Å². The average Bonchev–Trinajstić information content (AvgIpc) is 2.44. The molecule has 0 fully saturated rings. The minimum absolute atomic E-state index is 0.550. The van der Waals surface area contributed by atoms with Crippen LogP contribution in [0.2, 0.25) is 0 Å². The predicted molar refractivity (Wildman–Crippen MR) is 88.1 cm³/mol. The lowest BCUT2D eigenvalue weighted by molar-refractivity contribution is 0.320. The van der Waals surface area contributed by atoms with Crippen molar-refractivity contribution in [3.05, 3.63) is 36.5 Å². The minimum atomic E-state index is 0.550. The lowest BCUT2D eigenvalue weighted by atomic mass is 10.00. The van der Waals surface area contributed by atoms with E-state index in [1.54, 1.807) is 0 Å². The molecule has 1 atom stereocenters. The van der Waals surface area contributed by atoms with Crippen molar-refractivity contribution in [1.82, 2.24) is 4.90 Å². The Morgan fingerprint density at radius 1 is 1.22 bits per heavy atom. The van der Waals surface area contributed by atoms with Gasteiger partial charge in [-0.25, -0.2) is 0 Å². The molecule has 0 saturated carbocycles. The molecule has 108 valence electrons. The molecule has 0 aliphatic carbocycles. The van der Waals surface area contributed by atoms with Crippen LogP contribution in [0, 0.1) is 5.92 Å². The normalized spacial score (nSPS) is 12.4. The van der Waals surface area contributed by atoms with E-state index < -0.39 is 0 Å². The highest BCUT2D eigenvalue weighted by molar-refractivity contribution is 5.24. The van der Waals surface area contributed by atoms with Crippen LogP contribution in [0.25, 0.3) is 0 Å². The van der Waals surface area contributed by atoms with Crippen LogP contribution >= 0.6 is 0 Å². The second-order valence-electron chi connectivity index (χ2n) is 3.65. The van der Waals surface area contributed by atoms with Gasteiger partial charge in [0.1, 0.15) is 0 Å². The van der Waals surface area contributed by atoms with Crippen molar-refractivity contribution < 1.29 is 0 Å². The quantitative estimate of drug-likeness (QED) is 0.579. The second kappa shape index (κ2) is 18.5. The van der Waals surface area contributed by atoms with Crippen molar-refractivity contribution in [2.45, 2.75) is 48.5 Å². The van der Waals surface area contributed by atoms with E-state index in [0.29, 0.717) is 5.92 Å². The van der Waals surface area contributed by atoms with Crippen molar-refractivity contribution in [3.63, 3.8) is 0 Å². The summed E-state index contributed by atoms with van der Waals surface area (Å²) in [5.41, 5.74) is 1.31. The molecule has 0 rings (SSSR count). The molecular formula is C17H35N. The Morgan fingerprint density at radius 2 is 1.72 bits per heavy atom. The van der Waals surface area contributed by atoms with Gasteiger partial charge in [-0.05, 0) is 32.0 Å². The summed E-state index contributed by atoms with van der Waals surface area (Å²) in [6.07, 6.45) is 8.20. The van der Waals surface area contributed by atoms with E-state index in [1.807, 2.05) is 46.8 Å². The van der Waals surface area contributed by atoms with Gasteiger partial charge in [-0.3, -0.25) is 0 Å². The molecular weight excluding hydrogens is 218 g/mol. The van der Waals surface area contributed by atoms with E-state index in [1.165, 1.54) is 5.57 Å². The molecule has 0 spiro atoms. The van der Waals surface area contributed by atoms with Crippen molar-refractivity contribution in [2.75, 3.05) is 20.1 Å². The Labute approximate surface area is 116 Å². The number of rotatable bonds is 6. The third-order valence-corrected chi connectivity index (χ3v) is 2.41. The first-order chi connectivity index (χ1) is 8.65. The van der Waals surface area contributed by atoms with Gasteiger partial charge in [-0.15, -0.1) is 0 Å². The maximum Gasteiger partial charge on any atom is 0.00444 e. The van der Waals surface area contributed by atoms with Gasteiger partial charge in [0, 0.05) is 6.54 Å². The zero-order valence-corrected chi connectivity index (χ0v) is 14.0. The zero-order chi connectivity index (χ0) is 15.0. The van der Waals surface area contributed by atoms with E-state index >= 15 is 0 Å². The van der Waals surface area contributed by atoms with E-state index in [0.717, 1.165) is 13.1 Å². The Balaban J connectivity index is -0.000000506. The predicted octanol–water partition coefficient (Wildman–Crippen LogP) is 5.32. The molecule has 0 N–H and O–H groups in total. The van der Waals surface area contributed by atoms with Crippen LogP contribution in [0.3, 0.4) is 0 Å². The van der Waals surface area contributed by atoms with Crippen molar-refractivity contribution in [2.24, 2.45) is 5.92 Å². The summed E-state index contributed by atoms with van der Waals surface area (Å²) in [5, 5.41) is 0. The largest absolute Gasteiger partial charge is 0.306 e. The van der Waals surface area contributed by atoms with Crippen molar-refractivity contribution in [3.8, 4) is 0 Å². The van der Waals surface area contributed by atoms with Crippen LogP contribution in [0.4, 0.5) is 0 Å². The molecule has 0 bridgehead atoms. The minimum Gasteiger partial charge on any atom is -0.306 e. The fraction of sp³-hybridized carbons (Fsp3) is 0.647. The lowest BCUT2D eigenvalue weighted by Gasteiger charge is -2.20. The Bertz CT molecular complexity index is 214. The number of nitrogens with zero attached hydrogens (tertiary/aromatic N) is 1. The third-order valence-electron chi connectivity index (χ3n) is 2.41. The summed E-state index contributed by atoms with van der Waals surface area (Å²) in [6, 6.07) is 0. The second-order valence-corrected chi connectivity index (χ2v) is 3.65. The maximum atomic E-state index is 3.85. The van der Waals surface area contributed by atoms with Crippen LogP contribution in [-0.2, 0) is 0 Å². The van der Waals surface area contributed by atoms with Gasteiger partial charge in [0.05, 0.1) is 0 Å². The van der Waals surface area contributed by atoms with Crippen molar-refractivity contribution >= 4 is 0 Å². The SMILES string of the molecule is C=C/C(=C\C=C/C)C(C)CN(C)CC.CC.CC. The third kappa shape index (κ3) is 13.2. The summed E-state index contributed by atoms with van der Waals surface area (Å²) in [4.78, 5) is 2.32. The first-order valence-electron chi connectivity index (χ1n) is 7.29. The standard InChI is InChI=1S/C13H23N.2C2H6/c1-6-9-10-13(7-2)12(4)11-14(5)8-3;2*1-2/h6-7,9-10,12H,2,8,11H2,1,3-5H3;2*1-2H3/b9-6-,13-10+;;. The molecule has 18 heavy (non-hydrogen) atoms. The van der Waals surface area contributed by atoms with Gasteiger partial charge in [-0.1, -0.05) is 72.4 Å². The van der Waals surface area contributed by atoms with Crippen LogP contribution in [0.5, 0.6) is 0 Å². The highest BCUT2D eigenvalue weighted by atomic mass is 15.1. The molecule has 1 heteroatoms. The van der Waals surface area contributed by atoms with Crippen LogP contribution in [0.15, 0.2) is 36.5 Å². The molecule has 1 nitrogen and oxygen atoms in total. The smallest absolute Gasteiger partial charge is 0.00444 e. The highest BCUT2D eigenvalue weighted by Gasteiger charge is 2.07. The molecule has 0 aromatic carbocycles. The van der Waals surface area contributed by atoms with Gasteiger partial charge < -0.3 is 4.90 Å². The topological polar surface area (TPSA) is 3.24 Å². The van der Waals surface area contributed by atoms with E-state index in [4.69, 9.17) is 0 Å². The average molecular weight is 253 g/mol. The Hall–Kier alpha value is -0.820. The highest BCUT2D eigenvalue weighted by Crippen LogP contribution is 2.12. The van der Waals surface area contributed by atoms with E-state index in [-0.39, 0.29) is 0 Å². The molecule has 0 heterocycles. The Kier molecular flexibility index (Phi) is 23.0. The molecule has 1 unspecified atom stereocenters. The summed E-state index contributed by atoms with van der Waals surface area (Å²) in [7, 11) is 2.15. The van der Waals surface area contributed by atoms with E-state index in [9.17, 15) is 0 Å². The van der Waals surface area contributed by atoms with Crippen molar-refractivity contribution in [1.29, 1.82) is 0 Å². The number of hydrogen-bond donors (Lipinski definition) is 0. The molecule has 0 aliphatic rings. The van der Waals surface area contributed by atoms with Gasteiger partial charge in [0.25, 0.3) is 0 Å². The fourth-order valence-corrected chi connectivity index (χ4v) is 1.34. The molecule has 0 saturated heterocycles. The lowest BCUT2D eigenvalue weighted by Crippen LogP contribution is -2.24. The van der Waals surface area contributed by atoms with Gasteiger partial charge >= 0.3 is 0 Å². The van der Waals surface area contributed by atoms with Crippen LogP contribution in [0.1, 0.15) is 48.5 Å². The summed E-state index contributed by atoms with van der Waals surface area (Å²) in [5.74, 6) is 0.550. The monoisotopic (exact) mass is 253 g/mol. The molecule has 0 aromatic rings. The summed E-state index contributed by atoms with van der Waals surface area (Å²) >= 11 is 0. The zero-order valence-electron chi connectivity index (χ0n) is 14.0. The molecule has 0 radical (unpaired) electrons. The molecule has 0 aliphatic heterocycles. The maximum absolute atomic E-state index is 3.85. The van der Waals surface area contributed by atoms with Crippen LogP contribution in [-0.4, -0.2) is 25.0 Å². The number of allylic oxidation sites excluding steroid dienone is 4. The first-order valence-corrected chi connectivity index (χ1v) is 7.29. The fourth-order valence-electron chi connectivity index (χ4n) is 1.34. The Morgan fingerprint density at radius 3 is 2.06 bits per heavy atom. The summed E-state index contributed by atoms with van der Waals surface area (Å²) in [6.45, 7) is 20.5. The van der Waals surface area contributed by atoms with E-state index in [2.05, 4.69) is 44.5 Å². The van der Waals surface area contributed by atoms with Gasteiger partial charge in [0.15, 0.2) is 0 Å². The van der Waals surface area contributed by atoms with Crippen LogP contribution < -0.4 is 0 Å². The molecule has 0 aromatic heterocycles. The summed E-state index contributed by atoms with van der Waals surface area (Å²) < 4.78 is 0. The van der Waals surface area contributed by atoms with Gasteiger partial charge in [-0.2, -0.15) is 0 Å². The number of hydrogen-bond acceptors (Lipinski definition) is 1. The first kappa shape index (κ1) is 22.4. The molecule has 0 amide bonds.